The third kappa shape index (κ3) is 3.72. The predicted molar refractivity (Wildman–Crippen MR) is 96.8 cm³/mol. The van der Waals surface area contributed by atoms with Crippen LogP contribution in [0.5, 0.6) is 0 Å². The molecule has 1 saturated heterocycles. The highest BCUT2D eigenvalue weighted by molar-refractivity contribution is 7.08. The van der Waals surface area contributed by atoms with Gasteiger partial charge in [0.05, 0.1) is 0 Å². The summed E-state index contributed by atoms with van der Waals surface area (Å²) < 4.78 is 5.25. The topological polar surface area (TPSA) is 88.3 Å². The van der Waals surface area contributed by atoms with Gasteiger partial charge in [0, 0.05) is 62.4 Å². The number of amides is 1. The van der Waals surface area contributed by atoms with Crippen LogP contribution in [0.2, 0.25) is 0 Å². The number of hydrogen-bond acceptors (Lipinski definition) is 8. The fourth-order valence-electron chi connectivity index (χ4n) is 2.85. The summed E-state index contributed by atoms with van der Waals surface area (Å²) in [4.78, 5) is 29.3. The maximum atomic E-state index is 12.4. The van der Waals surface area contributed by atoms with Crippen molar-refractivity contribution in [3.63, 3.8) is 0 Å². The second-order valence-corrected chi connectivity index (χ2v) is 6.72. The quantitative estimate of drug-likeness (QED) is 0.677. The summed E-state index contributed by atoms with van der Waals surface area (Å²) in [6.07, 6.45) is 4.29. The van der Waals surface area contributed by atoms with E-state index in [-0.39, 0.29) is 5.91 Å². The van der Waals surface area contributed by atoms with Gasteiger partial charge in [-0.2, -0.15) is 16.3 Å². The van der Waals surface area contributed by atoms with Crippen molar-refractivity contribution >= 4 is 23.2 Å². The molecule has 9 heteroatoms. The Morgan fingerprint density at radius 3 is 2.73 bits per heavy atom. The van der Waals surface area contributed by atoms with E-state index in [0.717, 1.165) is 18.7 Å². The summed E-state index contributed by atoms with van der Waals surface area (Å²) in [6.45, 7) is 2.80. The molecule has 0 unspecified atom stereocenters. The van der Waals surface area contributed by atoms with Gasteiger partial charge in [-0.05, 0) is 17.5 Å². The number of hydrogen-bond donors (Lipinski definition) is 0. The molecule has 3 aromatic rings. The van der Waals surface area contributed by atoms with Gasteiger partial charge in [-0.25, -0.2) is 9.97 Å². The van der Waals surface area contributed by atoms with Crippen LogP contribution >= 0.6 is 11.3 Å². The van der Waals surface area contributed by atoms with Crippen LogP contribution in [0.4, 0.5) is 5.95 Å². The Balaban J connectivity index is 1.27. The zero-order valence-corrected chi connectivity index (χ0v) is 14.9. The molecule has 0 N–H and O–H groups in total. The summed E-state index contributed by atoms with van der Waals surface area (Å²) in [5.41, 5.74) is 0.940. The first-order valence-electron chi connectivity index (χ1n) is 8.44. The molecule has 8 nitrogen and oxygen atoms in total. The van der Waals surface area contributed by atoms with E-state index in [2.05, 4.69) is 25.0 Å². The molecule has 0 radical (unpaired) electrons. The molecule has 1 amide bonds. The summed E-state index contributed by atoms with van der Waals surface area (Å²) >= 11 is 1.58. The second-order valence-electron chi connectivity index (χ2n) is 5.94. The van der Waals surface area contributed by atoms with Crippen molar-refractivity contribution in [3.8, 4) is 11.4 Å². The van der Waals surface area contributed by atoms with Crippen molar-refractivity contribution in [2.24, 2.45) is 0 Å². The van der Waals surface area contributed by atoms with E-state index in [0.29, 0.717) is 43.6 Å². The second kappa shape index (κ2) is 7.61. The summed E-state index contributed by atoms with van der Waals surface area (Å²) in [7, 11) is 0. The van der Waals surface area contributed by atoms with E-state index in [4.69, 9.17) is 4.52 Å². The summed E-state index contributed by atoms with van der Waals surface area (Å²) in [6, 6.07) is 3.74. The van der Waals surface area contributed by atoms with E-state index in [9.17, 15) is 4.79 Å². The van der Waals surface area contributed by atoms with Gasteiger partial charge in [0.15, 0.2) is 0 Å². The molecule has 0 saturated carbocycles. The highest BCUT2D eigenvalue weighted by atomic mass is 32.1. The van der Waals surface area contributed by atoms with E-state index >= 15 is 0 Å². The molecule has 4 heterocycles. The summed E-state index contributed by atoms with van der Waals surface area (Å²) in [5.74, 6) is 1.89. The maximum absolute atomic E-state index is 12.4. The molecule has 3 aromatic heterocycles. The highest BCUT2D eigenvalue weighted by Crippen LogP contribution is 2.19. The molecular formula is C17H18N6O2S. The van der Waals surface area contributed by atoms with Gasteiger partial charge in [0.25, 0.3) is 0 Å². The Kier molecular flexibility index (Phi) is 4.87. The third-order valence-corrected chi connectivity index (χ3v) is 4.95. The van der Waals surface area contributed by atoms with Crippen LogP contribution in [0.1, 0.15) is 12.3 Å². The Bertz CT molecular complexity index is 843. The zero-order chi connectivity index (χ0) is 17.8. The number of carbonyl (C=O) groups excluding carboxylic acids is 1. The van der Waals surface area contributed by atoms with Gasteiger partial charge < -0.3 is 14.3 Å². The molecule has 1 aliphatic heterocycles. The molecule has 134 valence electrons. The Morgan fingerprint density at radius 1 is 1.19 bits per heavy atom. The molecule has 0 bridgehead atoms. The lowest BCUT2D eigenvalue weighted by Crippen LogP contribution is -2.49. The Hall–Kier alpha value is -2.81. The van der Waals surface area contributed by atoms with Crippen LogP contribution in [-0.4, -0.2) is 57.1 Å². The molecule has 1 aliphatic rings. The van der Waals surface area contributed by atoms with Crippen molar-refractivity contribution in [1.82, 2.24) is 25.0 Å². The van der Waals surface area contributed by atoms with Gasteiger partial charge in [0.1, 0.15) is 0 Å². The zero-order valence-electron chi connectivity index (χ0n) is 14.1. The first kappa shape index (κ1) is 16.6. The first-order valence-corrected chi connectivity index (χ1v) is 9.39. The van der Waals surface area contributed by atoms with Crippen molar-refractivity contribution in [2.75, 3.05) is 31.1 Å². The molecule has 0 spiro atoms. The number of anilines is 1. The number of thiophene rings is 1. The van der Waals surface area contributed by atoms with E-state index in [1.807, 2.05) is 21.7 Å². The monoisotopic (exact) mass is 370 g/mol. The predicted octanol–water partition coefficient (Wildman–Crippen LogP) is 1.87. The molecule has 0 aliphatic carbocycles. The van der Waals surface area contributed by atoms with Crippen LogP contribution in [0.3, 0.4) is 0 Å². The molecule has 0 atom stereocenters. The SMILES string of the molecule is O=C(CCc1nc(-c2ccsc2)no1)N1CCN(c2ncccn2)CC1. The van der Waals surface area contributed by atoms with Crippen LogP contribution in [0.15, 0.2) is 39.8 Å². The van der Waals surface area contributed by atoms with Gasteiger partial charge in [-0.1, -0.05) is 5.16 Å². The smallest absolute Gasteiger partial charge is 0.227 e. The summed E-state index contributed by atoms with van der Waals surface area (Å²) in [5, 5.41) is 7.90. The average Bonchev–Trinajstić information content (AvgIpc) is 3.38. The van der Waals surface area contributed by atoms with Crippen LogP contribution in [0.25, 0.3) is 11.4 Å². The number of carbonyl (C=O) groups is 1. The number of piperazine rings is 1. The van der Waals surface area contributed by atoms with Gasteiger partial charge in [-0.15, -0.1) is 0 Å². The Morgan fingerprint density at radius 2 is 2.00 bits per heavy atom. The number of nitrogens with zero attached hydrogens (tertiary/aromatic N) is 6. The molecule has 1 fully saturated rings. The van der Waals surface area contributed by atoms with E-state index < -0.39 is 0 Å². The standard InChI is InChI=1S/C17H18N6O2S/c24-15(3-2-14-20-16(21-25-14)13-4-11-26-12-13)22-7-9-23(10-8-22)17-18-5-1-6-19-17/h1,4-6,11-12H,2-3,7-10H2. The minimum atomic E-state index is 0.105. The van der Waals surface area contributed by atoms with Crippen molar-refractivity contribution in [1.29, 1.82) is 0 Å². The van der Waals surface area contributed by atoms with Gasteiger partial charge >= 0.3 is 0 Å². The van der Waals surface area contributed by atoms with Gasteiger partial charge in [-0.3, -0.25) is 4.79 Å². The molecule has 4 rings (SSSR count). The Labute approximate surface area is 154 Å². The number of aromatic nitrogens is 4. The van der Waals surface area contributed by atoms with Crippen LogP contribution in [0, 0.1) is 0 Å². The van der Waals surface area contributed by atoms with Gasteiger partial charge in [0.2, 0.25) is 23.6 Å². The minimum Gasteiger partial charge on any atom is -0.339 e. The fraction of sp³-hybridized carbons (Fsp3) is 0.353. The molecule has 26 heavy (non-hydrogen) atoms. The largest absolute Gasteiger partial charge is 0.339 e. The lowest BCUT2D eigenvalue weighted by molar-refractivity contribution is -0.131. The van der Waals surface area contributed by atoms with Crippen LogP contribution < -0.4 is 4.90 Å². The van der Waals surface area contributed by atoms with Crippen molar-refractivity contribution in [2.45, 2.75) is 12.8 Å². The normalized spacial score (nSPS) is 14.6. The van der Waals surface area contributed by atoms with E-state index in [1.54, 1.807) is 29.8 Å². The van der Waals surface area contributed by atoms with Crippen molar-refractivity contribution in [3.05, 3.63) is 41.2 Å². The minimum absolute atomic E-state index is 0.105. The lowest BCUT2D eigenvalue weighted by atomic mass is 10.2. The van der Waals surface area contributed by atoms with E-state index in [1.165, 1.54) is 0 Å². The third-order valence-electron chi connectivity index (χ3n) is 4.27. The lowest BCUT2D eigenvalue weighted by Gasteiger charge is -2.34. The highest BCUT2D eigenvalue weighted by Gasteiger charge is 2.22. The first-order chi connectivity index (χ1) is 12.8. The van der Waals surface area contributed by atoms with Crippen molar-refractivity contribution < 1.29 is 9.32 Å². The average molecular weight is 370 g/mol. The van der Waals surface area contributed by atoms with Crippen LogP contribution in [-0.2, 0) is 11.2 Å². The number of rotatable bonds is 5. The molecular weight excluding hydrogens is 352 g/mol. The maximum Gasteiger partial charge on any atom is 0.227 e. The number of aryl methyl sites for hydroxylation is 1. The fourth-order valence-corrected chi connectivity index (χ4v) is 3.48. The molecule has 0 aromatic carbocycles.